The van der Waals surface area contributed by atoms with Crippen LogP contribution in [0.25, 0.3) is 0 Å². The van der Waals surface area contributed by atoms with Gasteiger partial charge in [0.1, 0.15) is 0 Å². The molecule has 7 heteroatoms. The molecule has 0 saturated carbocycles. The quantitative estimate of drug-likeness (QED) is 0.859. The number of aromatic nitrogens is 1. The molecule has 2 rings (SSSR count). The third-order valence-electron chi connectivity index (χ3n) is 3.62. The van der Waals surface area contributed by atoms with E-state index in [1.54, 1.807) is 31.6 Å². The smallest absolute Gasteiger partial charge is 0.314 e. The molecule has 1 saturated heterocycles. The Morgan fingerprint density at radius 1 is 1.52 bits per heavy atom. The van der Waals surface area contributed by atoms with Gasteiger partial charge in [-0.2, -0.15) is 13.2 Å². The summed E-state index contributed by atoms with van der Waals surface area (Å²) in [5.74, 6) is -0.554. The number of halogens is 3. The van der Waals surface area contributed by atoms with Gasteiger partial charge in [0, 0.05) is 19.8 Å². The van der Waals surface area contributed by atoms with Gasteiger partial charge in [0.2, 0.25) is 5.91 Å². The number of carbonyl (C=O) groups is 1. The summed E-state index contributed by atoms with van der Waals surface area (Å²) in [7, 11) is 1.63. The highest BCUT2D eigenvalue weighted by Gasteiger charge is 2.35. The molecule has 0 N–H and O–H groups in total. The number of carbonyl (C=O) groups excluding carboxylic acids is 1. The molecular weight excluding hydrogens is 283 g/mol. The van der Waals surface area contributed by atoms with Crippen molar-refractivity contribution in [1.29, 1.82) is 0 Å². The number of rotatable bonds is 3. The second-order valence-electron chi connectivity index (χ2n) is 5.30. The standard InChI is InChI=1S/C14H18F3N3O/c1-19(12-5-2-6-18-8-12)13(21)11-4-3-7-20(9-11)10-14(15,16)17/h2,5-6,8,11H,3-4,7,9-10H2,1H3. The van der Waals surface area contributed by atoms with E-state index in [2.05, 4.69) is 4.98 Å². The Balaban J connectivity index is 1.99. The fourth-order valence-electron chi connectivity index (χ4n) is 2.61. The van der Waals surface area contributed by atoms with E-state index in [9.17, 15) is 18.0 Å². The van der Waals surface area contributed by atoms with Crippen LogP contribution in [-0.2, 0) is 4.79 Å². The predicted octanol–water partition coefficient (Wildman–Crippen LogP) is 2.32. The number of hydrogen-bond acceptors (Lipinski definition) is 3. The Hall–Kier alpha value is -1.63. The Labute approximate surface area is 121 Å². The van der Waals surface area contributed by atoms with Crippen molar-refractivity contribution in [3.8, 4) is 0 Å². The van der Waals surface area contributed by atoms with E-state index < -0.39 is 18.6 Å². The molecule has 1 aromatic rings. The molecular formula is C14H18F3N3O. The zero-order valence-corrected chi connectivity index (χ0v) is 11.8. The lowest BCUT2D eigenvalue weighted by Crippen LogP contribution is -2.46. The Bertz CT molecular complexity index is 478. The van der Waals surface area contributed by atoms with Crippen LogP contribution in [-0.4, -0.2) is 48.6 Å². The van der Waals surface area contributed by atoms with E-state index >= 15 is 0 Å². The highest BCUT2D eigenvalue weighted by molar-refractivity contribution is 5.94. The number of piperidine rings is 1. The SMILES string of the molecule is CN(C(=O)C1CCCN(CC(F)(F)F)C1)c1cccnc1. The molecule has 1 atom stereocenters. The third-order valence-corrected chi connectivity index (χ3v) is 3.62. The first kappa shape index (κ1) is 15.8. The average Bonchev–Trinajstić information content (AvgIpc) is 2.45. The molecule has 0 bridgehead atoms. The summed E-state index contributed by atoms with van der Waals surface area (Å²) in [5, 5.41) is 0. The molecule has 2 heterocycles. The van der Waals surface area contributed by atoms with E-state index in [4.69, 9.17) is 0 Å². The summed E-state index contributed by atoms with van der Waals surface area (Å²) in [6.07, 6.45) is 0.174. The number of anilines is 1. The molecule has 21 heavy (non-hydrogen) atoms. The second kappa shape index (κ2) is 6.43. The van der Waals surface area contributed by atoms with Gasteiger partial charge in [0.15, 0.2) is 0 Å². The first-order chi connectivity index (χ1) is 9.87. The lowest BCUT2D eigenvalue weighted by molar-refractivity contribution is -0.151. The maximum Gasteiger partial charge on any atom is 0.401 e. The van der Waals surface area contributed by atoms with Crippen LogP contribution in [0.2, 0.25) is 0 Å². The Kier molecular flexibility index (Phi) is 4.82. The van der Waals surface area contributed by atoms with Crippen molar-refractivity contribution in [2.45, 2.75) is 19.0 Å². The highest BCUT2D eigenvalue weighted by atomic mass is 19.4. The first-order valence-corrected chi connectivity index (χ1v) is 6.83. The lowest BCUT2D eigenvalue weighted by Gasteiger charge is -2.34. The summed E-state index contributed by atoms with van der Waals surface area (Å²) in [5.41, 5.74) is 0.649. The van der Waals surface area contributed by atoms with E-state index in [0.717, 1.165) is 0 Å². The van der Waals surface area contributed by atoms with Crippen LogP contribution >= 0.6 is 0 Å². The van der Waals surface area contributed by atoms with Crippen molar-refractivity contribution in [2.24, 2.45) is 5.92 Å². The molecule has 1 aliphatic heterocycles. The number of amides is 1. The van der Waals surface area contributed by atoms with Crippen LogP contribution in [0.5, 0.6) is 0 Å². The molecule has 0 aliphatic carbocycles. The van der Waals surface area contributed by atoms with Crippen LogP contribution < -0.4 is 4.90 Å². The lowest BCUT2D eigenvalue weighted by atomic mass is 9.96. The molecule has 1 aliphatic rings. The number of alkyl halides is 3. The van der Waals surface area contributed by atoms with Crippen molar-refractivity contribution in [3.63, 3.8) is 0 Å². The zero-order chi connectivity index (χ0) is 15.5. The van der Waals surface area contributed by atoms with Gasteiger partial charge in [-0.05, 0) is 31.5 Å². The first-order valence-electron chi connectivity index (χ1n) is 6.83. The molecule has 1 fully saturated rings. The van der Waals surface area contributed by atoms with Gasteiger partial charge >= 0.3 is 6.18 Å². The maximum atomic E-state index is 12.4. The molecule has 116 valence electrons. The van der Waals surface area contributed by atoms with Crippen LogP contribution in [0.1, 0.15) is 12.8 Å². The molecule has 0 spiro atoms. The van der Waals surface area contributed by atoms with Crippen LogP contribution in [0.3, 0.4) is 0 Å². The predicted molar refractivity (Wildman–Crippen MR) is 72.9 cm³/mol. The second-order valence-corrected chi connectivity index (χ2v) is 5.30. The largest absolute Gasteiger partial charge is 0.401 e. The molecule has 1 amide bonds. The molecule has 0 radical (unpaired) electrons. The summed E-state index contributed by atoms with van der Waals surface area (Å²) >= 11 is 0. The van der Waals surface area contributed by atoms with E-state index in [1.807, 2.05) is 0 Å². The minimum Gasteiger partial charge on any atom is -0.314 e. The van der Waals surface area contributed by atoms with Gasteiger partial charge in [0.05, 0.1) is 24.3 Å². The summed E-state index contributed by atoms with van der Waals surface area (Å²) < 4.78 is 37.3. The normalized spacial score (nSPS) is 20.3. The van der Waals surface area contributed by atoms with Gasteiger partial charge in [-0.25, -0.2) is 0 Å². The fraction of sp³-hybridized carbons (Fsp3) is 0.571. The monoisotopic (exact) mass is 301 g/mol. The van der Waals surface area contributed by atoms with E-state index in [1.165, 1.54) is 9.80 Å². The fourth-order valence-corrected chi connectivity index (χ4v) is 2.61. The van der Waals surface area contributed by atoms with E-state index in [-0.39, 0.29) is 12.5 Å². The third kappa shape index (κ3) is 4.42. The van der Waals surface area contributed by atoms with Gasteiger partial charge in [0.25, 0.3) is 0 Å². The van der Waals surface area contributed by atoms with Crippen molar-refractivity contribution >= 4 is 11.6 Å². The molecule has 1 aromatic heterocycles. The summed E-state index contributed by atoms with van der Waals surface area (Å²) in [6.45, 7) is -0.407. The van der Waals surface area contributed by atoms with Gasteiger partial charge in [-0.3, -0.25) is 14.7 Å². The molecule has 4 nitrogen and oxygen atoms in total. The molecule has 0 aromatic carbocycles. The number of hydrogen-bond donors (Lipinski definition) is 0. The molecule has 1 unspecified atom stereocenters. The van der Waals surface area contributed by atoms with E-state index in [0.29, 0.717) is 25.1 Å². The highest BCUT2D eigenvalue weighted by Crippen LogP contribution is 2.24. The van der Waals surface area contributed by atoms with Crippen molar-refractivity contribution < 1.29 is 18.0 Å². The number of pyridine rings is 1. The van der Waals surface area contributed by atoms with Crippen molar-refractivity contribution in [3.05, 3.63) is 24.5 Å². The maximum absolute atomic E-state index is 12.4. The van der Waals surface area contributed by atoms with Crippen LogP contribution in [0, 0.1) is 5.92 Å². The Morgan fingerprint density at radius 2 is 2.29 bits per heavy atom. The van der Waals surface area contributed by atoms with Crippen molar-refractivity contribution in [2.75, 3.05) is 31.6 Å². The summed E-state index contributed by atoms with van der Waals surface area (Å²) in [4.78, 5) is 19.1. The van der Waals surface area contributed by atoms with Gasteiger partial charge < -0.3 is 4.90 Å². The number of nitrogens with zero attached hydrogens (tertiary/aromatic N) is 3. The van der Waals surface area contributed by atoms with Crippen LogP contribution in [0.4, 0.5) is 18.9 Å². The van der Waals surface area contributed by atoms with Gasteiger partial charge in [-0.1, -0.05) is 0 Å². The summed E-state index contributed by atoms with van der Waals surface area (Å²) in [6, 6.07) is 3.47. The topological polar surface area (TPSA) is 36.4 Å². The van der Waals surface area contributed by atoms with Gasteiger partial charge in [-0.15, -0.1) is 0 Å². The zero-order valence-electron chi connectivity index (χ0n) is 11.8. The Morgan fingerprint density at radius 3 is 2.90 bits per heavy atom. The number of likely N-dealkylation sites (tertiary alicyclic amines) is 1. The minimum absolute atomic E-state index is 0.156. The van der Waals surface area contributed by atoms with Crippen LogP contribution in [0.15, 0.2) is 24.5 Å². The average molecular weight is 301 g/mol. The van der Waals surface area contributed by atoms with Crippen molar-refractivity contribution in [1.82, 2.24) is 9.88 Å². The minimum atomic E-state index is -4.22.